The van der Waals surface area contributed by atoms with Gasteiger partial charge in [0, 0.05) is 0 Å². The second-order valence-electron chi connectivity index (χ2n) is 3.39. The minimum atomic E-state index is -1.08. The van der Waals surface area contributed by atoms with Gasteiger partial charge in [-0.3, -0.25) is 5.10 Å². The van der Waals surface area contributed by atoms with E-state index in [-0.39, 0.29) is 5.82 Å². The first kappa shape index (κ1) is 8.78. The average molecular weight is 215 g/mol. The molecule has 6 heteroatoms. The molecule has 0 fully saturated rings. The number of aromatic carboxylic acids is 1. The molecule has 0 aliphatic rings. The lowest BCUT2D eigenvalue weighted by Crippen LogP contribution is -2.18. The van der Waals surface area contributed by atoms with E-state index in [1.165, 1.54) is 0 Å². The molecule has 0 aliphatic heterocycles. The normalized spacial score (nSPS) is 11.0. The highest BCUT2D eigenvalue weighted by molar-refractivity contribution is 6.03. The second-order valence-corrected chi connectivity index (χ2v) is 3.39. The predicted molar refractivity (Wildman–Crippen MR) is 54.9 cm³/mol. The van der Waals surface area contributed by atoms with Crippen molar-refractivity contribution in [1.29, 1.82) is 0 Å². The van der Waals surface area contributed by atoms with E-state index in [9.17, 15) is 4.79 Å². The number of fused-ring (bicyclic) bond motifs is 3. The lowest BCUT2D eigenvalue weighted by molar-refractivity contribution is -0.386. The van der Waals surface area contributed by atoms with E-state index >= 15 is 0 Å². The van der Waals surface area contributed by atoms with Crippen molar-refractivity contribution in [2.45, 2.75) is 0 Å². The largest absolute Gasteiger partial charge is 0.472 e. The molecule has 16 heavy (non-hydrogen) atoms. The summed E-state index contributed by atoms with van der Waals surface area (Å²) in [6.45, 7) is 0. The van der Waals surface area contributed by atoms with Gasteiger partial charge in [-0.1, -0.05) is 0 Å². The summed E-state index contributed by atoms with van der Waals surface area (Å²) in [6, 6.07) is 3.73. The van der Waals surface area contributed by atoms with Crippen molar-refractivity contribution >= 4 is 27.8 Å². The van der Waals surface area contributed by atoms with Gasteiger partial charge in [-0.15, -0.1) is 0 Å². The maximum absolute atomic E-state index is 10.8. The summed E-state index contributed by atoms with van der Waals surface area (Å²) in [6.07, 6.45) is 3.26. The molecule has 3 aromatic rings. The number of carboxylic acid groups (broad SMARTS) is 1. The summed E-state index contributed by atoms with van der Waals surface area (Å²) in [5.74, 6) is -1.16. The van der Waals surface area contributed by atoms with Crippen molar-refractivity contribution in [2.75, 3.05) is 0 Å². The number of aromatic nitrogens is 4. The number of hydrogen-bond donors (Lipinski definition) is 2. The molecule has 0 saturated heterocycles. The zero-order valence-electron chi connectivity index (χ0n) is 8.06. The van der Waals surface area contributed by atoms with E-state index < -0.39 is 5.97 Å². The molecular weight excluding hydrogens is 208 g/mol. The number of benzene rings is 1. The molecule has 2 heterocycles. The Bertz CT molecular complexity index is 704. The molecule has 0 bridgehead atoms. The van der Waals surface area contributed by atoms with Crippen LogP contribution in [-0.2, 0) is 0 Å². The van der Waals surface area contributed by atoms with Gasteiger partial charge < -0.3 is 5.11 Å². The number of rotatable bonds is 1. The number of hydrogen-bond acceptors (Lipinski definition) is 3. The van der Waals surface area contributed by atoms with Crippen LogP contribution in [0.3, 0.4) is 0 Å². The number of nitrogens with one attached hydrogen (secondary N) is 2. The van der Waals surface area contributed by atoms with Crippen molar-refractivity contribution in [3.63, 3.8) is 0 Å². The zero-order chi connectivity index (χ0) is 11.1. The highest BCUT2D eigenvalue weighted by atomic mass is 16.4. The topological polar surface area (TPSA) is 93.0 Å². The van der Waals surface area contributed by atoms with E-state index in [4.69, 9.17) is 5.11 Å². The molecule has 0 unspecified atom stereocenters. The molecule has 0 saturated carbocycles. The van der Waals surface area contributed by atoms with E-state index in [1.807, 2.05) is 12.1 Å². The first-order chi connectivity index (χ1) is 7.75. The molecule has 2 aromatic heterocycles. The fourth-order valence-electron chi connectivity index (χ4n) is 1.66. The Hall–Kier alpha value is -2.50. The quantitative estimate of drug-likeness (QED) is 0.622. The van der Waals surface area contributed by atoms with Crippen LogP contribution in [0.5, 0.6) is 0 Å². The van der Waals surface area contributed by atoms with Gasteiger partial charge in [-0.05, 0) is 17.1 Å². The Morgan fingerprint density at radius 1 is 1.44 bits per heavy atom. The Labute approximate surface area is 89.0 Å². The monoisotopic (exact) mass is 215 g/mol. The van der Waals surface area contributed by atoms with Gasteiger partial charge >= 0.3 is 11.8 Å². The number of carbonyl (C=O) groups is 1. The van der Waals surface area contributed by atoms with Crippen molar-refractivity contribution in [3.05, 3.63) is 30.4 Å². The first-order valence-electron chi connectivity index (χ1n) is 4.63. The summed E-state index contributed by atoms with van der Waals surface area (Å²) in [5.41, 5.74) is 1.46. The van der Waals surface area contributed by atoms with Gasteiger partial charge in [-0.25, -0.2) is 9.78 Å². The Morgan fingerprint density at radius 2 is 2.31 bits per heavy atom. The summed E-state index contributed by atoms with van der Waals surface area (Å²) < 4.78 is 0. The molecule has 78 valence electrons. The van der Waals surface area contributed by atoms with E-state index in [1.54, 1.807) is 12.4 Å². The van der Waals surface area contributed by atoms with Crippen LogP contribution in [0.15, 0.2) is 24.5 Å². The third-order valence-electron chi connectivity index (χ3n) is 2.42. The SMILES string of the molecule is O=C(O)c1nc2c(ccc3[nH]ncc32)c[nH+]1. The van der Waals surface area contributed by atoms with Crippen molar-refractivity contribution in [3.8, 4) is 0 Å². The van der Waals surface area contributed by atoms with Crippen LogP contribution in [0.1, 0.15) is 10.6 Å². The van der Waals surface area contributed by atoms with Crippen LogP contribution in [-0.4, -0.2) is 26.3 Å². The van der Waals surface area contributed by atoms with Gasteiger partial charge in [0.05, 0.1) is 22.5 Å². The summed E-state index contributed by atoms with van der Waals surface area (Å²) in [4.78, 5) is 17.5. The standard InChI is InChI=1S/C10H6N4O2/c15-10(16)9-11-3-5-1-2-7-6(4-12-14-7)8(5)13-9/h1-4H,(H,12,14)(H,15,16)/p+1. The highest BCUT2D eigenvalue weighted by Gasteiger charge is 2.18. The van der Waals surface area contributed by atoms with E-state index in [2.05, 4.69) is 20.2 Å². The molecule has 1 aromatic carbocycles. The van der Waals surface area contributed by atoms with Crippen LogP contribution in [0.25, 0.3) is 21.8 Å². The van der Waals surface area contributed by atoms with Crippen molar-refractivity contribution in [1.82, 2.24) is 15.2 Å². The third kappa shape index (κ3) is 1.13. The summed E-state index contributed by atoms with van der Waals surface area (Å²) in [7, 11) is 0. The minimum Gasteiger partial charge on any atom is -0.472 e. The van der Waals surface area contributed by atoms with Gasteiger partial charge in [0.2, 0.25) is 0 Å². The van der Waals surface area contributed by atoms with Crippen molar-refractivity contribution < 1.29 is 14.9 Å². The second kappa shape index (κ2) is 2.99. The lowest BCUT2D eigenvalue weighted by atomic mass is 10.2. The minimum absolute atomic E-state index is 0.0822. The van der Waals surface area contributed by atoms with Crippen molar-refractivity contribution in [2.24, 2.45) is 0 Å². The van der Waals surface area contributed by atoms with Crippen LogP contribution < -0.4 is 4.98 Å². The Morgan fingerprint density at radius 3 is 3.12 bits per heavy atom. The zero-order valence-corrected chi connectivity index (χ0v) is 8.06. The molecule has 0 spiro atoms. The maximum atomic E-state index is 10.8. The summed E-state index contributed by atoms with van der Waals surface area (Å²) in [5, 5.41) is 17.2. The molecule has 0 amide bonds. The molecule has 0 atom stereocenters. The molecule has 3 N–H and O–H groups in total. The highest BCUT2D eigenvalue weighted by Crippen LogP contribution is 2.20. The van der Waals surface area contributed by atoms with Crippen LogP contribution >= 0.6 is 0 Å². The van der Waals surface area contributed by atoms with E-state index in [0.717, 1.165) is 16.3 Å². The fourth-order valence-corrected chi connectivity index (χ4v) is 1.66. The van der Waals surface area contributed by atoms with Gasteiger partial charge in [0.15, 0.2) is 5.52 Å². The lowest BCUT2D eigenvalue weighted by Gasteiger charge is -1.92. The first-order valence-corrected chi connectivity index (χ1v) is 4.63. The van der Waals surface area contributed by atoms with Crippen LogP contribution in [0.4, 0.5) is 0 Å². The van der Waals surface area contributed by atoms with Crippen LogP contribution in [0.2, 0.25) is 0 Å². The molecule has 6 nitrogen and oxygen atoms in total. The van der Waals surface area contributed by atoms with Gasteiger partial charge in [-0.2, -0.15) is 5.10 Å². The average Bonchev–Trinajstić information content (AvgIpc) is 2.76. The Balaban J connectivity index is 2.46. The smallest absolute Gasteiger partial charge is 0.423 e. The number of H-pyrrole nitrogens is 2. The number of carboxylic acids is 1. The van der Waals surface area contributed by atoms with Crippen LogP contribution in [0, 0.1) is 0 Å². The van der Waals surface area contributed by atoms with Gasteiger partial charge in [0.1, 0.15) is 6.20 Å². The van der Waals surface area contributed by atoms with Gasteiger partial charge in [0.25, 0.3) is 0 Å². The number of aromatic amines is 2. The number of nitrogens with zero attached hydrogens (tertiary/aromatic N) is 2. The molecule has 0 aliphatic carbocycles. The predicted octanol–water partition coefficient (Wildman–Crippen LogP) is 0.623. The van der Waals surface area contributed by atoms with E-state index in [0.29, 0.717) is 5.52 Å². The summed E-state index contributed by atoms with van der Waals surface area (Å²) >= 11 is 0. The molecule has 3 rings (SSSR count). The maximum Gasteiger partial charge on any atom is 0.423 e. The third-order valence-corrected chi connectivity index (χ3v) is 2.42. The Kier molecular flexibility index (Phi) is 1.64. The fraction of sp³-hybridized carbons (Fsp3) is 0. The molecule has 0 radical (unpaired) electrons. The molecular formula is C10H7N4O2+.